The summed E-state index contributed by atoms with van der Waals surface area (Å²) in [5.41, 5.74) is 4.49. The van der Waals surface area contributed by atoms with E-state index in [-0.39, 0.29) is 12.2 Å². The molecule has 9 heteroatoms. The Bertz CT molecular complexity index is 1530. The van der Waals surface area contributed by atoms with Crippen LogP contribution in [0.5, 0.6) is 0 Å². The first-order valence-corrected chi connectivity index (χ1v) is 11.3. The number of carbonyl (C=O) groups excluding carboxylic acids is 1. The molecule has 0 radical (unpaired) electrons. The molecule has 1 amide bonds. The number of nitroso groups, excluding NO2 is 1. The monoisotopic (exact) mass is 475 g/mol. The van der Waals surface area contributed by atoms with Gasteiger partial charge in [0.2, 0.25) is 0 Å². The molecule has 0 aliphatic heterocycles. The minimum absolute atomic E-state index is 0.279. The van der Waals surface area contributed by atoms with Crippen LogP contribution in [0.4, 0.5) is 5.82 Å². The number of fused-ring (bicyclic) bond motifs is 1. The van der Waals surface area contributed by atoms with Gasteiger partial charge in [0.05, 0.1) is 28.7 Å². The number of hydrogen-bond donors (Lipinski definition) is 2. The second-order valence-corrected chi connectivity index (χ2v) is 7.89. The van der Waals surface area contributed by atoms with Crippen molar-refractivity contribution >= 4 is 22.6 Å². The predicted octanol–water partition coefficient (Wildman–Crippen LogP) is 4.82. The molecular weight excluding hydrogens is 454 g/mol. The van der Waals surface area contributed by atoms with Crippen molar-refractivity contribution in [2.45, 2.75) is 6.54 Å². The molecule has 3 aromatic heterocycles. The average Bonchev–Trinajstić information content (AvgIpc) is 2.95. The fourth-order valence-corrected chi connectivity index (χ4v) is 3.87. The van der Waals surface area contributed by atoms with Crippen LogP contribution in [0.1, 0.15) is 16.1 Å². The number of hydrogen-bond acceptors (Lipinski definition) is 8. The second kappa shape index (κ2) is 10.5. The van der Waals surface area contributed by atoms with E-state index in [1.807, 2.05) is 66.7 Å². The van der Waals surface area contributed by atoms with Gasteiger partial charge in [-0.1, -0.05) is 48.5 Å². The first-order chi connectivity index (χ1) is 17.7. The molecule has 9 nitrogen and oxygen atoms in total. The van der Waals surface area contributed by atoms with Gasteiger partial charge in [-0.25, -0.2) is 9.97 Å². The third kappa shape index (κ3) is 4.90. The summed E-state index contributed by atoms with van der Waals surface area (Å²) in [4.78, 5) is 40.9. The molecule has 0 fully saturated rings. The van der Waals surface area contributed by atoms with E-state index in [1.165, 1.54) is 6.20 Å². The minimum atomic E-state index is -0.454. The summed E-state index contributed by atoms with van der Waals surface area (Å²) in [6.45, 7) is 0.147. The van der Waals surface area contributed by atoms with Crippen LogP contribution in [0.25, 0.3) is 33.4 Å². The number of nitrogens with one attached hydrogen (secondary N) is 2. The Labute approximate surface area is 206 Å². The van der Waals surface area contributed by atoms with Crippen molar-refractivity contribution in [2.24, 2.45) is 5.18 Å². The van der Waals surface area contributed by atoms with Crippen molar-refractivity contribution in [3.05, 3.63) is 108 Å². The molecule has 0 saturated carbocycles. The van der Waals surface area contributed by atoms with Crippen LogP contribution < -0.4 is 10.6 Å². The van der Waals surface area contributed by atoms with Crippen LogP contribution in [0.2, 0.25) is 0 Å². The highest BCUT2D eigenvalue weighted by atomic mass is 16.3. The van der Waals surface area contributed by atoms with E-state index in [1.54, 1.807) is 18.5 Å². The Hall–Kier alpha value is -5.05. The van der Waals surface area contributed by atoms with Crippen LogP contribution in [-0.2, 0) is 6.54 Å². The van der Waals surface area contributed by atoms with E-state index in [0.29, 0.717) is 23.8 Å². The van der Waals surface area contributed by atoms with Gasteiger partial charge in [-0.15, -0.1) is 4.91 Å². The van der Waals surface area contributed by atoms with E-state index in [0.717, 1.165) is 27.7 Å². The van der Waals surface area contributed by atoms with Crippen LogP contribution in [0, 0.1) is 4.91 Å². The summed E-state index contributed by atoms with van der Waals surface area (Å²) < 4.78 is 0. The molecule has 2 aromatic carbocycles. The highest BCUT2D eigenvalue weighted by Crippen LogP contribution is 2.34. The molecule has 0 saturated heterocycles. The Balaban J connectivity index is 1.62. The fraction of sp³-hybridized carbons (Fsp3) is 0.0741. The maximum absolute atomic E-state index is 12.3. The van der Waals surface area contributed by atoms with Gasteiger partial charge in [0.25, 0.3) is 5.91 Å². The van der Waals surface area contributed by atoms with E-state index in [2.05, 4.69) is 25.8 Å². The Morgan fingerprint density at radius 2 is 1.75 bits per heavy atom. The van der Waals surface area contributed by atoms with E-state index in [9.17, 15) is 9.70 Å². The highest BCUT2D eigenvalue weighted by Gasteiger charge is 2.16. The van der Waals surface area contributed by atoms with Gasteiger partial charge in [-0.2, -0.15) is 0 Å². The van der Waals surface area contributed by atoms with E-state index >= 15 is 0 Å². The fourth-order valence-electron chi connectivity index (χ4n) is 3.87. The summed E-state index contributed by atoms with van der Waals surface area (Å²) in [7, 11) is 0. The lowest BCUT2D eigenvalue weighted by atomic mass is 10.0. The third-order valence-corrected chi connectivity index (χ3v) is 5.53. The third-order valence-electron chi connectivity index (χ3n) is 5.53. The lowest BCUT2D eigenvalue weighted by molar-refractivity contribution is 0.0954. The van der Waals surface area contributed by atoms with Gasteiger partial charge in [0, 0.05) is 24.2 Å². The lowest BCUT2D eigenvalue weighted by Gasteiger charge is -2.14. The molecule has 3 heterocycles. The van der Waals surface area contributed by atoms with Gasteiger partial charge in [-0.05, 0) is 40.6 Å². The van der Waals surface area contributed by atoms with Crippen molar-refractivity contribution in [3.8, 4) is 22.5 Å². The average molecular weight is 476 g/mol. The second-order valence-electron chi connectivity index (χ2n) is 7.89. The summed E-state index contributed by atoms with van der Waals surface area (Å²) in [6.07, 6.45) is 4.76. The molecule has 0 spiro atoms. The zero-order valence-electron chi connectivity index (χ0n) is 19.1. The Kier molecular flexibility index (Phi) is 6.61. The first-order valence-electron chi connectivity index (χ1n) is 11.3. The number of carbonyl (C=O) groups is 1. The molecule has 36 heavy (non-hydrogen) atoms. The van der Waals surface area contributed by atoms with Crippen LogP contribution in [0.15, 0.2) is 96.6 Å². The number of rotatable bonds is 8. The van der Waals surface area contributed by atoms with Gasteiger partial charge < -0.3 is 10.6 Å². The summed E-state index contributed by atoms with van der Waals surface area (Å²) >= 11 is 0. The van der Waals surface area contributed by atoms with Crippen LogP contribution in [0.3, 0.4) is 0 Å². The summed E-state index contributed by atoms with van der Waals surface area (Å²) in [6, 6.07) is 23.4. The lowest BCUT2D eigenvalue weighted by Crippen LogP contribution is -2.23. The first kappa shape index (κ1) is 22.7. The number of aromatic nitrogens is 4. The van der Waals surface area contributed by atoms with E-state index < -0.39 is 5.91 Å². The van der Waals surface area contributed by atoms with Crippen molar-refractivity contribution in [3.63, 3.8) is 0 Å². The number of amides is 1. The largest absolute Gasteiger partial charge is 0.364 e. The number of benzene rings is 2. The molecule has 0 aliphatic rings. The summed E-state index contributed by atoms with van der Waals surface area (Å²) in [5, 5.41) is 9.39. The SMILES string of the molecule is O=NCNC(=O)c1cncc(-c2nc(NCc3ccccn3)c3c(-c4ccccc4)cccc3n2)c1. The maximum atomic E-state index is 12.3. The Morgan fingerprint density at radius 1 is 0.889 bits per heavy atom. The molecular formula is C27H21N7O2. The minimum Gasteiger partial charge on any atom is -0.364 e. The van der Waals surface area contributed by atoms with Crippen molar-refractivity contribution < 1.29 is 4.79 Å². The molecule has 5 rings (SSSR count). The number of anilines is 1. The maximum Gasteiger partial charge on any atom is 0.254 e. The number of pyridine rings is 2. The quantitative estimate of drug-likeness (QED) is 0.309. The molecule has 2 N–H and O–H groups in total. The molecule has 176 valence electrons. The molecule has 5 aromatic rings. The van der Waals surface area contributed by atoms with Gasteiger partial charge in [0.1, 0.15) is 5.82 Å². The summed E-state index contributed by atoms with van der Waals surface area (Å²) in [5.74, 6) is 0.594. The van der Waals surface area contributed by atoms with Gasteiger partial charge in [-0.3, -0.25) is 14.8 Å². The number of nitrogens with zero attached hydrogens (tertiary/aromatic N) is 5. The van der Waals surface area contributed by atoms with E-state index in [4.69, 9.17) is 9.97 Å². The molecule has 0 unspecified atom stereocenters. The zero-order valence-corrected chi connectivity index (χ0v) is 19.1. The molecule has 0 bridgehead atoms. The predicted molar refractivity (Wildman–Crippen MR) is 138 cm³/mol. The Morgan fingerprint density at radius 3 is 2.56 bits per heavy atom. The van der Waals surface area contributed by atoms with Crippen molar-refractivity contribution in [2.75, 3.05) is 12.0 Å². The highest BCUT2D eigenvalue weighted by molar-refractivity contribution is 6.02. The molecule has 0 atom stereocenters. The zero-order chi connectivity index (χ0) is 24.7. The standard InChI is InChI=1S/C27H21N7O2/c35-27(31-17-32-36)20-13-19(14-28-15-20)25-33-23-11-6-10-22(18-7-2-1-3-8-18)24(23)26(34-25)30-16-21-9-4-5-12-29-21/h1-15H,16-17H2,(H,31,35)(H,30,33,34). The topological polar surface area (TPSA) is 122 Å². The van der Waals surface area contributed by atoms with Crippen molar-refractivity contribution in [1.29, 1.82) is 0 Å². The van der Waals surface area contributed by atoms with Gasteiger partial charge >= 0.3 is 0 Å². The smallest absolute Gasteiger partial charge is 0.254 e. The van der Waals surface area contributed by atoms with Gasteiger partial charge in [0.15, 0.2) is 12.5 Å². The van der Waals surface area contributed by atoms with Crippen LogP contribution in [-0.4, -0.2) is 32.5 Å². The molecule has 0 aliphatic carbocycles. The van der Waals surface area contributed by atoms with Crippen LogP contribution >= 0.6 is 0 Å². The van der Waals surface area contributed by atoms with Crippen molar-refractivity contribution in [1.82, 2.24) is 25.3 Å². The normalized spacial score (nSPS) is 10.7.